The number of amides is 1. The summed E-state index contributed by atoms with van der Waals surface area (Å²) in [4.78, 5) is 19.0. The fourth-order valence-corrected chi connectivity index (χ4v) is 2.83. The zero-order valence-corrected chi connectivity index (χ0v) is 20.0. The third kappa shape index (κ3) is 8.70. The number of nitrogens with zero attached hydrogens (tertiary/aromatic N) is 2. The Hall–Kier alpha value is -1.45. The second-order valence-electron chi connectivity index (χ2n) is 8.07. The second-order valence-corrected chi connectivity index (χ2v) is 8.07. The fourth-order valence-electron chi connectivity index (χ4n) is 2.83. The van der Waals surface area contributed by atoms with Gasteiger partial charge >= 0.3 is 6.09 Å². The van der Waals surface area contributed by atoms with Gasteiger partial charge in [-0.3, -0.25) is 4.99 Å². The van der Waals surface area contributed by atoms with Gasteiger partial charge in [-0.2, -0.15) is 0 Å². The van der Waals surface area contributed by atoms with E-state index in [-0.39, 0.29) is 36.1 Å². The summed E-state index contributed by atoms with van der Waals surface area (Å²) in [6, 6.07) is 4.26. The molecule has 2 unspecified atom stereocenters. The zero-order chi connectivity index (χ0) is 19.9. The standard InChI is InChI=1S/C20H34N4O3.HI/c1-6-15(2)22-18(21-11-9-17-8-7-13-26-17)24-12-10-16(14-24)23-19(25)27-20(3,4)5;/h7-8,13,15-16H,6,9-12,14H2,1-5H3,(H,21,22)(H,23,25);1H. The van der Waals surface area contributed by atoms with E-state index in [0.29, 0.717) is 12.6 Å². The number of likely N-dealkylation sites (tertiary alicyclic amines) is 1. The number of furan rings is 1. The van der Waals surface area contributed by atoms with E-state index < -0.39 is 5.60 Å². The van der Waals surface area contributed by atoms with Gasteiger partial charge in [0.05, 0.1) is 12.3 Å². The van der Waals surface area contributed by atoms with Crippen molar-refractivity contribution in [1.82, 2.24) is 15.5 Å². The van der Waals surface area contributed by atoms with Crippen LogP contribution in [0.3, 0.4) is 0 Å². The van der Waals surface area contributed by atoms with Gasteiger partial charge in [0, 0.05) is 32.1 Å². The molecule has 1 aromatic heterocycles. The summed E-state index contributed by atoms with van der Waals surface area (Å²) in [6.45, 7) is 12.1. The third-order valence-corrected chi connectivity index (χ3v) is 4.40. The first-order valence-electron chi connectivity index (χ1n) is 9.84. The van der Waals surface area contributed by atoms with Crippen LogP contribution in [0.1, 0.15) is 53.2 Å². The van der Waals surface area contributed by atoms with Crippen molar-refractivity contribution in [2.24, 2.45) is 4.99 Å². The molecule has 2 atom stereocenters. The third-order valence-electron chi connectivity index (χ3n) is 4.40. The molecule has 8 heteroatoms. The molecule has 1 saturated heterocycles. The molecule has 1 aromatic rings. The lowest BCUT2D eigenvalue weighted by atomic mass is 10.2. The Morgan fingerprint density at radius 1 is 1.46 bits per heavy atom. The summed E-state index contributed by atoms with van der Waals surface area (Å²) in [5.74, 6) is 1.83. The second kappa shape index (κ2) is 11.5. The van der Waals surface area contributed by atoms with Crippen LogP contribution in [0.15, 0.2) is 27.8 Å². The van der Waals surface area contributed by atoms with E-state index in [1.54, 1.807) is 6.26 Å². The highest BCUT2D eigenvalue weighted by Crippen LogP contribution is 2.13. The van der Waals surface area contributed by atoms with E-state index in [0.717, 1.165) is 44.1 Å². The Balaban J connectivity index is 0.00000392. The van der Waals surface area contributed by atoms with E-state index in [1.165, 1.54) is 0 Å². The van der Waals surface area contributed by atoms with E-state index in [1.807, 2.05) is 32.9 Å². The van der Waals surface area contributed by atoms with E-state index >= 15 is 0 Å². The number of nitrogens with one attached hydrogen (secondary N) is 2. The molecule has 7 nitrogen and oxygen atoms in total. The fraction of sp³-hybridized carbons (Fsp3) is 0.700. The molecule has 2 heterocycles. The first-order chi connectivity index (χ1) is 12.8. The maximum absolute atomic E-state index is 12.0. The normalized spacial score (nSPS) is 18.4. The molecule has 0 aliphatic carbocycles. The van der Waals surface area contributed by atoms with Gasteiger partial charge in [0.1, 0.15) is 11.4 Å². The predicted octanol–water partition coefficient (Wildman–Crippen LogP) is 3.78. The average molecular weight is 506 g/mol. The monoisotopic (exact) mass is 506 g/mol. The van der Waals surface area contributed by atoms with Gasteiger partial charge in [-0.15, -0.1) is 24.0 Å². The molecule has 0 saturated carbocycles. The van der Waals surface area contributed by atoms with Crippen LogP contribution in [0, 0.1) is 0 Å². The van der Waals surface area contributed by atoms with Gasteiger partial charge in [-0.1, -0.05) is 6.92 Å². The molecule has 0 bridgehead atoms. The summed E-state index contributed by atoms with van der Waals surface area (Å²) in [5.41, 5.74) is -0.487. The zero-order valence-electron chi connectivity index (χ0n) is 17.7. The lowest BCUT2D eigenvalue weighted by molar-refractivity contribution is 0.0507. The van der Waals surface area contributed by atoms with Gasteiger partial charge in [0.2, 0.25) is 0 Å². The molecule has 0 aromatic carbocycles. The molecule has 0 spiro atoms. The summed E-state index contributed by atoms with van der Waals surface area (Å²) < 4.78 is 10.7. The van der Waals surface area contributed by atoms with Crippen molar-refractivity contribution in [2.75, 3.05) is 19.6 Å². The number of carbonyl (C=O) groups excluding carboxylic acids is 1. The molecule has 1 fully saturated rings. The lowest BCUT2D eigenvalue weighted by Crippen LogP contribution is -2.46. The number of alkyl carbamates (subject to hydrolysis) is 1. The van der Waals surface area contributed by atoms with E-state index in [4.69, 9.17) is 14.1 Å². The van der Waals surface area contributed by atoms with Gasteiger partial charge < -0.3 is 24.7 Å². The maximum atomic E-state index is 12.0. The first-order valence-corrected chi connectivity index (χ1v) is 9.84. The molecule has 2 rings (SSSR count). The highest BCUT2D eigenvalue weighted by molar-refractivity contribution is 14.0. The summed E-state index contributed by atoms with van der Waals surface area (Å²) in [6.07, 6.45) is 3.99. The Morgan fingerprint density at radius 2 is 2.21 bits per heavy atom. The minimum atomic E-state index is -0.487. The molecule has 1 aliphatic rings. The molecular formula is C20H35IN4O3. The summed E-state index contributed by atoms with van der Waals surface area (Å²) in [5, 5.41) is 6.47. The average Bonchev–Trinajstić information content (AvgIpc) is 3.23. The largest absolute Gasteiger partial charge is 0.469 e. The van der Waals surface area contributed by atoms with Crippen LogP contribution in [-0.2, 0) is 11.2 Å². The van der Waals surface area contributed by atoms with Crippen molar-refractivity contribution in [2.45, 2.75) is 71.6 Å². The molecule has 0 radical (unpaired) electrons. The van der Waals surface area contributed by atoms with Crippen LogP contribution < -0.4 is 10.6 Å². The smallest absolute Gasteiger partial charge is 0.407 e. The minimum Gasteiger partial charge on any atom is -0.469 e. The van der Waals surface area contributed by atoms with Gasteiger partial charge in [0.25, 0.3) is 0 Å². The SMILES string of the molecule is CCC(C)NC(=NCCc1ccco1)N1CCC(NC(=O)OC(C)(C)C)C1.I. The predicted molar refractivity (Wildman–Crippen MR) is 122 cm³/mol. The molecule has 1 aliphatic heterocycles. The van der Waals surface area contributed by atoms with Crippen LogP contribution in [-0.4, -0.2) is 54.3 Å². The minimum absolute atomic E-state index is 0. The molecule has 2 N–H and O–H groups in total. The molecule has 160 valence electrons. The van der Waals surface area contributed by atoms with Gasteiger partial charge in [-0.05, 0) is 52.7 Å². The number of carbonyl (C=O) groups is 1. The van der Waals surface area contributed by atoms with Crippen molar-refractivity contribution in [3.8, 4) is 0 Å². The lowest BCUT2D eigenvalue weighted by Gasteiger charge is -2.25. The van der Waals surface area contributed by atoms with Crippen LogP contribution in [0.25, 0.3) is 0 Å². The number of aliphatic imine (C=N–C) groups is 1. The molecule has 28 heavy (non-hydrogen) atoms. The summed E-state index contributed by atoms with van der Waals surface area (Å²) >= 11 is 0. The van der Waals surface area contributed by atoms with Crippen molar-refractivity contribution < 1.29 is 13.9 Å². The topological polar surface area (TPSA) is 79.1 Å². The van der Waals surface area contributed by atoms with Crippen molar-refractivity contribution in [3.63, 3.8) is 0 Å². The molecule has 1 amide bonds. The number of ether oxygens (including phenoxy) is 1. The number of halogens is 1. The Labute approximate surface area is 185 Å². The highest BCUT2D eigenvalue weighted by atomic mass is 127. The number of guanidine groups is 1. The first kappa shape index (κ1) is 24.6. The van der Waals surface area contributed by atoms with Crippen molar-refractivity contribution >= 4 is 36.0 Å². The number of rotatable bonds is 6. The van der Waals surface area contributed by atoms with Crippen LogP contribution in [0.5, 0.6) is 0 Å². The Bertz CT molecular complexity index is 613. The van der Waals surface area contributed by atoms with E-state index in [9.17, 15) is 4.79 Å². The molecular weight excluding hydrogens is 471 g/mol. The quantitative estimate of drug-likeness (QED) is 0.349. The summed E-state index contributed by atoms with van der Waals surface area (Å²) in [7, 11) is 0. The number of hydrogen-bond acceptors (Lipinski definition) is 4. The number of hydrogen-bond donors (Lipinski definition) is 2. The van der Waals surface area contributed by atoms with Crippen molar-refractivity contribution in [1.29, 1.82) is 0 Å². The maximum Gasteiger partial charge on any atom is 0.407 e. The van der Waals surface area contributed by atoms with Crippen LogP contribution >= 0.6 is 24.0 Å². The van der Waals surface area contributed by atoms with E-state index in [2.05, 4.69) is 29.4 Å². The van der Waals surface area contributed by atoms with Crippen LogP contribution in [0.4, 0.5) is 4.79 Å². The van der Waals surface area contributed by atoms with Gasteiger partial charge in [0.15, 0.2) is 5.96 Å². The van der Waals surface area contributed by atoms with Gasteiger partial charge in [-0.25, -0.2) is 4.79 Å². The Morgan fingerprint density at radius 3 is 2.82 bits per heavy atom. The van der Waals surface area contributed by atoms with Crippen LogP contribution in [0.2, 0.25) is 0 Å². The van der Waals surface area contributed by atoms with Crippen molar-refractivity contribution in [3.05, 3.63) is 24.2 Å². The Kier molecular flexibility index (Phi) is 10.1. The highest BCUT2D eigenvalue weighted by Gasteiger charge is 2.28.